The third kappa shape index (κ3) is 27.8. The number of carbonyl (C=O) groups is 18. The van der Waals surface area contributed by atoms with Crippen LogP contribution in [0.5, 0.6) is 5.75 Å². The second-order valence-corrected chi connectivity index (χ2v) is 34.4. The van der Waals surface area contributed by atoms with Gasteiger partial charge < -0.3 is 125 Å². The number of aliphatic hydroxyl groups is 1. The Morgan fingerprint density at radius 2 is 1.08 bits per heavy atom. The zero-order valence-electron chi connectivity index (χ0n) is 74.7. The lowest BCUT2D eigenvalue weighted by atomic mass is 10.00. The van der Waals surface area contributed by atoms with E-state index in [0.717, 1.165) is 31.4 Å². The molecule has 22 N–H and O–H groups in total. The third-order valence-electron chi connectivity index (χ3n) is 23.7. The zero-order chi connectivity index (χ0) is 96.3. The molecule has 714 valence electrons. The fourth-order valence-corrected chi connectivity index (χ4v) is 17.0. The molecule has 0 radical (unpaired) electrons. The second-order valence-electron chi connectivity index (χ2n) is 33.4. The number of nitrogens with one attached hydrogen (secondary N) is 13. The van der Waals surface area contributed by atoms with Crippen molar-refractivity contribution in [3.05, 3.63) is 120 Å². The second kappa shape index (κ2) is 48.4. The number of aromatic amines is 3. The van der Waals surface area contributed by atoms with Crippen LogP contribution >= 0.6 is 11.8 Å². The number of H-pyrrole nitrogens is 3. The van der Waals surface area contributed by atoms with Gasteiger partial charge in [0.15, 0.2) is 0 Å². The summed E-state index contributed by atoms with van der Waals surface area (Å²) in [5, 5.41) is 59.2. The average molecular weight is 1850 g/mol. The number of aliphatic hydroxyl groups excluding tert-OH is 1. The number of nitrogens with zero attached hydrogens (tertiary/aromatic N) is 6. The van der Waals surface area contributed by atoms with E-state index in [2.05, 4.69) is 73.1 Å². The maximum atomic E-state index is 15.7. The zero-order valence-corrected chi connectivity index (χ0v) is 75.5. The number of hydrogen-bond donors (Lipinski definition) is 19. The van der Waals surface area contributed by atoms with Crippen LogP contribution in [0.1, 0.15) is 134 Å². The quantitative estimate of drug-likeness (QED) is 0.0287. The van der Waals surface area contributed by atoms with Crippen molar-refractivity contribution >= 4 is 140 Å². The van der Waals surface area contributed by atoms with E-state index in [-0.39, 0.29) is 82.3 Å². The number of phenols is 1. The van der Waals surface area contributed by atoms with Gasteiger partial charge in [0.05, 0.1) is 31.1 Å². The summed E-state index contributed by atoms with van der Waals surface area (Å²) >= 11 is 0.767. The Bertz CT molecular complexity index is 5150. The lowest BCUT2D eigenvalue weighted by Crippen LogP contribution is -2.61. The molecule has 3 aliphatic heterocycles. The molecule has 9 rings (SSSR count). The van der Waals surface area contributed by atoms with Gasteiger partial charge in [-0.25, -0.2) is 4.98 Å². The fraction of sp³-hybridized carbons (Fsp3) is 0.511. The van der Waals surface area contributed by atoms with E-state index in [4.69, 9.17) is 17.2 Å². The number of carbonyl (C=O) groups excluding carboxylic acids is 17. The number of para-hydroxylation sites is 2. The molecular formula is C88H120N22O21S. The minimum absolute atomic E-state index is 0.0241. The standard InChI is InChI=1S/C88H120N22O21S/c1-8-10-21-67-81(124)97-47(3)75(118)105-66(77(120)95-42-72(91)114)44-132-45-73(115)98-63(33-49-24-26-53(111)27-25-49)84(127)106(5)48(4)76(119)103-65(38-74(116)117)87(130)109-32-16-23-68(109)82(125)102-62(36-52-41-92-46-96-52)80(123)100-60(28-29-71(90)113)86(129)110-43-54(112)37-70(110)83(126)101-61(34-50-39-93-57-19-14-12-17-55(50)57)79(122)99-59(30-31-89)78(121)104-64(35-51-40-94-58-20-15-13-18-56(51)58)85(128)108(7)69(22-11-9-2)88(131)107(67)6/h12-15,17-20,24-27,39-41,46-48,54,59-70,93-94,111-112H,8-11,16,21-23,28-38,42-45,89H2,1-7H3,(H2,90,113)(H2,91,114)(H,92,96)(H,95,120)(H,97,124)(H,98,115)(H,99,122)(H,100,123)(H,101,126)(H,102,125)(H,103,119)(H,104,121)(H,105,118)(H,116,117)/t47-,48-,54+,59-,60-,61-,62-,63-,64-,65-,66-,67-,68-,69-,70-/m0/s1. The maximum Gasteiger partial charge on any atom is 0.305 e. The number of aromatic hydroxyl groups is 1. The summed E-state index contributed by atoms with van der Waals surface area (Å²) in [7, 11) is 3.91. The number of primary amides is 2. The van der Waals surface area contributed by atoms with Crippen LogP contribution in [0.25, 0.3) is 21.8 Å². The molecule has 17 amide bonds. The highest BCUT2D eigenvalue weighted by atomic mass is 32.2. The molecule has 0 unspecified atom stereocenters. The van der Waals surface area contributed by atoms with E-state index in [1.54, 1.807) is 60.9 Å². The van der Waals surface area contributed by atoms with E-state index in [9.17, 15) is 68.1 Å². The van der Waals surface area contributed by atoms with E-state index in [1.807, 2.05) is 13.8 Å². The van der Waals surface area contributed by atoms with Gasteiger partial charge in [-0.05, 0) is 99.9 Å². The molecular weight excluding hydrogens is 1730 g/mol. The number of nitrogens with two attached hydrogens (primary N) is 3. The number of hydrogen-bond acceptors (Lipinski definition) is 23. The molecule has 3 aliphatic rings. The Labute approximate surface area is 765 Å². The molecule has 0 bridgehead atoms. The summed E-state index contributed by atoms with van der Waals surface area (Å²) in [6, 6.07) is -2.36. The predicted molar refractivity (Wildman–Crippen MR) is 480 cm³/mol. The van der Waals surface area contributed by atoms with E-state index in [0.29, 0.717) is 64.2 Å². The molecule has 0 spiro atoms. The number of carboxylic acids is 1. The van der Waals surface area contributed by atoms with Crippen molar-refractivity contribution < 1.29 is 102 Å². The number of thioether (sulfide) groups is 1. The van der Waals surface area contributed by atoms with Gasteiger partial charge in [-0.1, -0.05) is 88.1 Å². The average Bonchev–Trinajstić information content (AvgIpc) is 1.20. The molecule has 44 heteroatoms. The Morgan fingerprint density at radius 1 is 0.538 bits per heavy atom. The van der Waals surface area contributed by atoms with Crippen LogP contribution < -0.4 is 70.4 Å². The van der Waals surface area contributed by atoms with Crippen molar-refractivity contribution in [1.29, 1.82) is 0 Å². The number of amides is 17. The Hall–Kier alpha value is -13.5. The first kappa shape index (κ1) is 102. The normalized spacial score (nSPS) is 25.0. The van der Waals surface area contributed by atoms with Crippen molar-refractivity contribution in [2.75, 3.05) is 58.8 Å². The minimum atomic E-state index is -1.93. The third-order valence-corrected chi connectivity index (χ3v) is 24.7. The number of rotatable bonds is 24. The summed E-state index contributed by atoms with van der Waals surface area (Å²) in [4.78, 5) is 279. The molecule has 6 heterocycles. The van der Waals surface area contributed by atoms with Gasteiger partial charge in [0.2, 0.25) is 100 Å². The van der Waals surface area contributed by atoms with E-state index in [1.165, 1.54) is 76.7 Å². The first-order valence-electron chi connectivity index (χ1n) is 43.9. The van der Waals surface area contributed by atoms with Crippen LogP contribution in [0.15, 0.2) is 97.7 Å². The lowest BCUT2D eigenvalue weighted by Gasteiger charge is -2.36. The van der Waals surface area contributed by atoms with Crippen LogP contribution in [-0.2, 0) is 112 Å². The van der Waals surface area contributed by atoms with Crippen LogP contribution in [0.4, 0.5) is 0 Å². The van der Waals surface area contributed by atoms with Gasteiger partial charge in [-0.3, -0.25) is 86.3 Å². The molecule has 132 heavy (non-hydrogen) atoms. The molecule has 3 aromatic heterocycles. The van der Waals surface area contributed by atoms with Crippen molar-refractivity contribution in [1.82, 2.24) is 97.6 Å². The number of phenolic OH excluding ortho intramolecular Hbond substituents is 1. The van der Waals surface area contributed by atoms with Gasteiger partial charge in [-0.2, -0.15) is 0 Å². The van der Waals surface area contributed by atoms with Gasteiger partial charge in [-0.15, -0.1) is 11.8 Å². The predicted octanol–water partition coefficient (Wildman–Crippen LogP) is -3.00. The number of unbranched alkanes of at least 4 members (excludes halogenated alkanes) is 2. The number of aliphatic carboxylic acids is 1. The van der Waals surface area contributed by atoms with Gasteiger partial charge in [0, 0.05) is 125 Å². The SMILES string of the molecule is CCCC[C@H]1C(=O)N(C)[C@@H](CCCC)C(=O)N[C@@H](C)C(=O)N[C@H](C(=O)NCC(N)=O)CSCC(=O)N[C@@H](Cc2ccc(O)cc2)C(=O)N(C)[C@@H](C)C(=O)N[C@@H](CC(=O)O)C(=O)N2CCC[C@H]2C(=O)N[C@@H](Cc2cnc[nH]2)C(=O)N[C@@H](CCC(N)=O)C(=O)N2C[C@H](O)C[C@H]2C(=O)N[C@@H](Cc2c[nH]c3ccccc23)C(=O)N[C@@H](CCN)C(=O)N[C@@H](Cc2c[nH]c3ccccc23)C(=O)N1C. The molecule has 0 saturated carbocycles. The molecule has 15 atom stereocenters. The first-order valence-corrected chi connectivity index (χ1v) is 45.1. The molecule has 0 aliphatic carbocycles. The maximum absolute atomic E-state index is 15.7. The minimum Gasteiger partial charge on any atom is -0.508 e. The van der Waals surface area contributed by atoms with Crippen molar-refractivity contribution in [2.45, 2.75) is 228 Å². The fourth-order valence-electron chi connectivity index (χ4n) is 16.2. The van der Waals surface area contributed by atoms with Crippen LogP contribution in [0.3, 0.4) is 0 Å². The summed E-state index contributed by atoms with van der Waals surface area (Å²) in [5.74, 6) is -18.9. The highest BCUT2D eigenvalue weighted by Gasteiger charge is 2.47. The molecule has 3 saturated heterocycles. The first-order chi connectivity index (χ1) is 62.9. The van der Waals surface area contributed by atoms with Crippen molar-refractivity contribution in [3.8, 4) is 5.75 Å². The monoisotopic (exact) mass is 1850 g/mol. The number of imidazole rings is 1. The van der Waals surface area contributed by atoms with Crippen molar-refractivity contribution in [3.63, 3.8) is 0 Å². The lowest BCUT2D eigenvalue weighted by molar-refractivity contribution is -0.149. The van der Waals surface area contributed by atoms with Gasteiger partial charge in [0.1, 0.15) is 90.3 Å². The Kier molecular flexibility index (Phi) is 37.5. The van der Waals surface area contributed by atoms with E-state index < -0.39 is 247 Å². The van der Waals surface area contributed by atoms with Crippen LogP contribution in [-0.4, -0.2) is 316 Å². The molecule has 43 nitrogen and oxygen atoms in total. The summed E-state index contributed by atoms with van der Waals surface area (Å²) in [6.45, 7) is 4.52. The number of carboxylic acid groups (broad SMARTS) is 1. The summed E-state index contributed by atoms with van der Waals surface area (Å²) < 4.78 is 0. The number of aromatic nitrogens is 4. The topological polar surface area (TPSA) is 643 Å². The largest absolute Gasteiger partial charge is 0.508 e. The summed E-state index contributed by atoms with van der Waals surface area (Å²) in [5.41, 5.74) is 20.2. The highest BCUT2D eigenvalue weighted by molar-refractivity contribution is 8.00. The Morgan fingerprint density at radius 3 is 1.68 bits per heavy atom. The molecule has 3 fully saturated rings. The Balaban J connectivity index is 1.09. The number of likely N-dealkylation sites (N-methyl/N-ethyl adjacent to an activating group) is 3. The van der Waals surface area contributed by atoms with Gasteiger partial charge in [0.25, 0.3) is 0 Å². The molecule has 3 aromatic carbocycles. The van der Waals surface area contributed by atoms with Crippen LogP contribution in [0.2, 0.25) is 0 Å². The van der Waals surface area contributed by atoms with E-state index >= 15 is 33.6 Å². The highest BCUT2D eigenvalue weighted by Crippen LogP contribution is 2.28. The van der Waals surface area contributed by atoms with Gasteiger partial charge >= 0.3 is 5.97 Å². The van der Waals surface area contributed by atoms with Crippen LogP contribution in [0, 0.1) is 0 Å². The summed E-state index contributed by atoms with van der Waals surface area (Å²) in [6.07, 6.45) is 2.14. The smallest absolute Gasteiger partial charge is 0.305 e. The number of fused-ring (bicyclic) bond motifs is 4. The number of benzene rings is 3. The molecule has 6 aromatic rings. The van der Waals surface area contributed by atoms with Crippen molar-refractivity contribution in [2.24, 2.45) is 17.2 Å².